The molecule has 0 aliphatic rings. The zero-order valence-electron chi connectivity index (χ0n) is 19.8. The average Bonchev–Trinajstić information content (AvgIpc) is 3.15. The van der Waals surface area contributed by atoms with E-state index in [0.29, 0.717) is 24.5 Å². The maximum atomic E-state index is 11.4. The van der Waals surface area contributed by atoms with E-state index >= 15 is 0 Å². The number of aromatic amines is 1. The van der Waals surface area contributed by atoms with Gasteiger partial charge >= 0.3 is 0 Å². The van der Waals surface area contributed by atoms with Crippen molar-refractivity contribution in [3.8, 4) is 11.5 Å². The molecule has 0 saturated carbocycles. The van der Waals surface area contributed by atoms with Crippen molar-refractivity contribution in [2.45, 2.75) is 19.6 Å². The van der Waals surface area contributed by atoms with E-state index in [0.717, 1.165) is 33.7 Å². The van der Waals surface area contributed by atoms with Crippen molar-refractivity contribution in [3.63, 3.8) is 0 Å². The summed E-state index contributed by atoms with van der Waals surface area (Å²) in [6.07, 6.45) is 0.313. The largest absolute Gasteiger partial charge is 0.506 e. The molecule has 4 aromatic rings. The number of rotatable bonds is 10. The van der Waals surface area contributed by atoms with E-state index in [1.807, 2.05) is 36.4 Å². The van der Waals surface area contributed by atoms with Gasteiger partial charge < -0.3 is 25.3 Å². The lowest BCUT2D eigenvalue weighted by Crippen LogP contribution is -2.34. The van der Waals surface area contributed by atoms with Gasteiger partial charge in [-0.05, 0) is 48.0 Å². The Labute approximate surface area is 208 Å². The van der Waals surface area contributed by atoms with Crippen molar-refractivity contribution in [1.29, 1.82) is 0 Å². The summed E-state index contributed by atoms with van der Waals surface area (Å²) in [5, 5.41) is 27.9. The molecule has 3 aromatic carbocycles. The Hall–Kier alpha value is -3.80. The number of nitrogens with one attached hydrogen (secondary N) is 4. The van der Waals surface area contributed by atoms with Gasteiger partial charge in [0.1, 0.15) is 24.3 Å². The minimum atomic E-state index is -3.54. The Morgan fingerprint density at radius 2 is 1.86 bits per heavy atom. The number of aliphatic hydroxyl groups excluding tert-OH is 1. The number of hydrogen-bond donors (Lipinski definition) is 6. The number of aromatic nitrogens is 1. The Morgan fingerprint density at radius 1 is 1.06 bits per heavy atom. The maximum absolute atomic E-state index is 11.4. The molecule has 1 heterocycles. The van der Waals surface area contributed by atoms with Crippen molar-refractivity contribution < 1.29 is 28.2 Å². The first-order valence-corrected chi connectivity index (χ1v) is 13.1. The molecule has 1 amide bonds. The number of fused-ring (bicyclic) bond motifs is 3. The van der Waals surface area contributed by atoms with E-state index < -0.39 is 16.3 Å². The number of amides is 1. The van der Waals surface area contributed by atoms with E-state index in [-0.39, 0.29) is 23.8 Å². The van der Waals surface area contributed by atoms with Crippen LogP contribution >= 0.6 is 0 Å². The standard InChI is InChI=1S/C25H28N4O6S/c1-15(30)27-17-4-7-21-20(13-17)19-6-5-18(14-22(19)28-21)35-10-9-26-25(32)12-16-3-8-24(31)23(11-16)29-36(2,33)34/h3-8,11,13-14,25-26,28-29,31-32H,9-10,12H2,1-2H3,(H,27,30). The first-order chi connectivity index (χ1) is 17.1. The second kappa shape index (κ2) is 10.4. The number of sulfonamides is 1. The molecule has 1 unspecified atom stereocenters. The van der Waals surface area contributed by atoms with Gasteiger partial charge in [-0.3, -0.25) is 14.8 Å². The maximum Gasteiger partial charge on any atom is 0.229 e. The van der Waals surface area contributed by atoms with E-state index in [4.69, 9.17) is 4.74 Å². The quantitative estimate of drug-likeness (QED) is 0.109. The van der Waals surface area contributed by atoms with Gasteiger partial charge in [0.25, 0.3) is 0 Å². The minimum Gasteiger partial charge on any atom is -0.506 e. The number of benzene rings is 3. The third kappa shape index (κ3) is 6.45. The van der Waals surface area contributed by atoms with Crippen molar-refractivity contribution in [1.82, 2.24) is 10.3 Å². The SMILES string of the molecule is CC(=O)Nc1ccc2[nH]c3cc(OCCNC(O)Cc4ccc(O)c(NS(C)(=O)=O)c4)ccc3c2c1. The molecule has 10 nitrogen and oxygen atoms in total. The van der Waals surface area contributed by atoms with E-state index in [9.17, 15) is 23.4 Å². The molecular formula is C25H28N4O6S. The van der Waals surface area contributed by atoms with Gasteiger partial charge in [-0.15, -0.1) is 0 Å². The molecular weight excluding hydrogens is 484 g/mol. The first-order valence-electron chi connectivity index (χ1n) is 11.2. The fraction of sp³-hybridized carbons (Fsp3) is 0.240. The normalized spacial score (nSPS) is 12.5. The van der Waals surface area contributed by atoms with Crippen molar-refractivity contribution in [2.75, 3.05) is 29.4 Å². The second-order valence-corrected chi connectivity index (χ2v) is 10.3. The summed E-state index contributed by atoms with van der Waals surface area (Å²) in [6.45, 7) is 2.16. The van der Waals surface area contributed by atoms with Gasteiger partial charge in [0.15, 0.2) is 0 Å². The molecule has 1 aromatic heterocycles. The molecule has 0 saturated heterocycles. The van der Waals surface area contributed by atoms with Crippen LogP contribution in [0.25, 0.3) is 21.8 Å². The smallest absolute Gasteiger partial charge is 0.229 e. The van der Waals surface area contributed by atoms with Crippen LogP contribution in [-0.2, 0) is 21.2 Å². The lowest BCUT2D eigenvalue weighted by atomic mass is 10.1. The molecule has 11 heteroatoms. The molecule has 0 aliphatic heterocycles. The topological polar surface area (TPSA) is 153 Å². The highest BCUT2D eigenvalue weighted by molar-refractivity contribution is 7.92. The van der Waals surface area contributed by atoms with Crippen LogP contribution in [0.5, 0.6) is 11.5 Å². The molecule has 36 heavy (non-hydrogen) atoms. The van der Waals surface area contributed by atoms with Crippen LogP contribution in [0.1, 0.15) is 12.5 Å². The number of aliphatic hydroxyl groups is 1. The molecule has 0 fully saturated rings. The summed E-state index contributed by atoms with van der Waals surface area (Å²) in [7, 11) is -3.54. The zero-order valence-corrected chi connectivity index (χ0v) is 20.6. The van der Waals surface area contributed by atoms with Gasteiger partial charge in [0.2, 0.25) is 15.9 Å². The Bertz CT molecular complexity index is 1520. The van der Waals surface area contributed by atoms with Crippen molar-refractivity contribution in [3.05, 3.63) is 60.2 Å². The Kier molecular flexibility index (Phi) is 7.34. The summed E-state index contributed by atoms with van der Waals surface area (Å²) < 4.78 is 30.9. The Balaban J connectivity index is 1.32. The van der Waals surface area contributed by atoms with Crippen molar-refractivity contribution >= 4 is 49.1 Å². The van der Waals surface area contributed by atoms with Gasteiger partial charge in [-0.1, -0.05) is 6.07 Å². The van der Waals surface area contributed by atoms with Gasteiger partial charge in [0, 0.05) is 47.9 Å². The lowest BCUT2D eigenvalue weighted by Gasteiger charge is -2.15. The highest BCUT2D eigenvalue weighted by Gasteiger charge is 2.11. The molecule has 0 bridgehead atoms. The van der Waals surface area contributed by atoms with Crippen LogP contribution in [0.3, 0.4) is 0 Å². The zero-order chi connectivity index (χ0) is 25.9. The third-order valence-corrected chi connectivity index (χ3v) is 6.02. The van der Waals surface area contributed by atoms with Crippen LogP contribution in [0.4, 0.5) is 11.4 Å². The number of carbonyl (C=O) groups is 1. The molecule has 0 aliphatic carbocycles. The number of H-pyrrole nitrogens is 1. The van der Waals surface area contributed by atoms with Crippen LogP contribution in [-0.4, -0.2) is 55.2 Å². The molecule has 190 valence electrons. The number of anilines is 2. The number of phenolic OH excluding ortho intramolecular Hbond substituents is 1. The summed E-state index contributed by atoms with van der Waals surface area (Å²) in [4.78, 5) is 14.7. The molecule has 0 spiro atoms. The van der Waals surface area contributed by atoms with E-state index in [1.54, 1.807) is 6.07 Å². The predicted octanol–water partition coefficient (Wildman–Crippen LogP) is 2.89. The highest BCUT2D eigenvalue weighted by Crippen LogP contribution is 2.30. The van der Waals surface area contributed by atoms with Crippen LogP contribution < -0.4 is 20.1 Å². The number of ether oxygens (including phenoxy) is 1. The molecule has 4 rings (SSSR count). The summed E-state index contributed by atoms with van der Waals surface area (Å²) in [6, 6.07) is 15.9. The Morgan fingerprint density at radius 3 is 2.61 bits per heavy atom. The summed E-state index contributed by atoms with van der Waals surface area (Å²) in [5.74, 6) is 0.350. The molecule has 1 atom stereocenters. The number of phenols is 1. The van der Waals surface area contributed by atoms with Gasteiger partial charge in [0.05, 0.1) is 17.5 Å². The molecule has 0 radical (unpaired) electrons. The third-order valence-electron chi connectivity index (χ3n) is 5.43. The number of carbonyl (C=O) groups excluding carboxylic acids is 1. The van der Waals surface area contributed by atoms with Crippen LogP contribution in [0, 0.1) is 0 Å². The summed E-state index contributed by atoms with van der Waals surface area (Å²) >= 11 is 0. The second-order valence-electron chi connectivity index (χ2n) is 8.52. The highest BCUT2D eigenvalue weighted by atomic mass is 32.2. The predicted molar refractivity (Wildman–Crippen MR) is 140 cm³/mol. The van der Waals surface area contributed by atoms with Gasteiger partial charge in [-0.25, -0.2) is 8.42 Å². The number of aromatic hydroxyl groups is 1. The van der Waals surface area contributed by atoms with Crippen LogP contribution in [0.15, 0.2) is 54.6 Å². The average molecular weight is 513 g/mol. The fourth-order valence-corrected chi connectivity index (χ4v) is 4.50. The lowest BCUT2D eigenvalue weighted by molar-refractivity contribution is -0.114. The minimum absolute atomic E-state index is 0.0595. The number of hydrogen-bond acceptors (Lipinski definition) is 7. The monoisotopic (exact) mass is 512 g/mol. The van der Waals surface area contributed by atoms with Crippen LogP contribution in [0.2, 0.25) is 0 Å². The van der Waals surface area contributed by atoms with E-state index in [2.05, 4.69) is 20.3 Å². The first kappa shape index (κ1) is 25.3. The molecule has 6 N–H and O–H groups in total. The van der Waals surface area contributed by atoms with Gasteiger partial charge in [-0.2, -0.15) is 0 Å². The summed E-state index contributed by atoms with van der Waals surface area (Å²) in [5.41, 5.74) is 3.29. The van der Waals surface area contributed by atoms with Crippen molar-refractivity contribution in [2.24, 2.45) is 0 Å². The van der Waals surface area contributed by atoms with E-state index in [1.165, 1.54) is 19.1 Å². The fourth-order valence-electron chi connectivity index (χ4n) is 3.94.